The number of nitrogens with zero attached hydrogens (tertiary/aromatic N) is 2. The molecule has 0 saturated carbocycles. The Hall–Kier alpha value is -0.800. The van der Waals surface area contributed by atoms with Crippen molar-refractivity contribution >= 4 is 17.3 Å². The maximum atomic E-state index is 6.12. The van der Waals surface area contributed by atoms with E-state index in [1.54, 1.807) is 6.20 Å². The van der Waals surface area contributed by atoms with Crippen LogP contribution in [0.5, 0.6) is 0 Å². The standard InChI is InChI=1S/C13H20ClN3/c1-9(2)17-7-5-11(8-17)16-12-10(3)4-6-15-13(12)14/h4,6,9,11,16H,5,7-8H2,1-3H3. The third-order valence-corrected chi connectivity index (χ3v) is 3.70. The summed E-state index contributed by atoms with van der Waals surface area (Å²) in [6.45, 7) is 8.79. The molecule has 1 N–H and O–H groups in total. The molecule has 1 aliphatic rings. The summed E-state index contributed by atoms with van der Waals surface area (Å²) >= 11 is 6.12. The Labute approximate surface area is 108 Å². The first-order valence-electron chi connectivity index (χ1n) is 6.19. The molecule has 0 bridgehead atoms. The molecule has 1 fully saturated rings. The Kier molecular flexibility index (Phi) is 3.89. The number of rotatable bonds is 3. The molecule has 4 heteroatoms. The molecule has 1 aromatic heterocycles. The van der Waals surface area contributed by atoms with Crippen LogP contribution >= 0.6 is 11.6 Å². The van der Waals surface area contributed by atoms with Crippen LogP contribution in [0.15, 0.2) is 12.3 Å². The van der Waals surface area contributed by atoms with Crippen LogP contribution in [0.25, 0.3) is 0 Å². The van der Waals surface area contributed by atoms with E-state index in [9.17, 15) is 0 Å². The first kappa shape index (κ1) is 12.7. The van der Waals surface area contributed by atoms with Gasteiger partial charge in [-0.15, -0.1) is 0 Å². The second kappa shape index (κ2) is 5.23. The second-order valence-electron chi connectivity index (χ2n) is 5.01. The van der Waals surface area contributed by atoms with E-state index in [4.69, 9.17) is 11.6 Å². The van der Waals surface area contributed by atoms with Crippen molar-refractivity contribution < 1.29 is 0 Å². The Bertz CT molecular complexity index is 372. The van der Waals surface area contributed by atoms with Gasteiger partial charge in [0.2, 0.25) is 0 Å². The molecule has 1 aliphatic heterocycles. The summed E-state index contributed by atoms with van der Waals surface area (Å²) in [6, 6.07) is 3.09. The highest BCUT2D eigenvalue weighted by molar-refractivity contribution is 6.32. The quantitative estimate of drug-likeness (QED) is 0.840. The lowest BCUT2D eigenvalue weighted by Gasteiger charge is -2.21. The van der Waals surface area contributed by atoms with E-state index in [-0.39, 0.29) is 0 Å². The van der Waals surface area contributed by atoms with Gasteiger partial charge in [-0.2, -0.15) is 0 Å². The highest BCUT2D eigenvalue weighted by Crippen LogP contribution is 2.25. The molecule has 0 radical (unpaired) electrons. The van der Waals surface area contributed by atoms with Crippen molar-refractivity contribution in [2.24, 2.45) is 0 Å². The van der Waals surface area contributed by atoms with E-state index in [0.717, 1.165) is 24.3 Å². The van der Waals surface area contributed by atoms with Gasteiger partial charge in [0.25, 0.3) is 0 Å². The SMILES string of the molecule is Cc1ccnc(Cl)c1NC1CCN(C(C)C)C1. The largest absolute Gasteiger partial charge is 0.378 e. The minimum Gasteiger partial charge on any atom is -0.378 e. The molecule has 0 aliphatic carbocycles. The molecule has 3 nitrogen and oxygen atoms in total. The van der Waals surface area contributed by atoms with Crippen LogP contribution < -0.4 is 5.32 Å². The van der Waals surface area contributed by atoms with Crippen LogP contribution in [0, 0.1) is 6.92 Å². The van der Waals surface area contributed by atoms with Crippen LogP contribution in [0.4, 0.5) is 5.69 Å². The van der Waals surface area contributed by atoms with Crippen molar-refractivity contribution in [3.05, 3.63) is 23.0 Å². The first-order chi connectivity index (χ1) is 8.08. The van der Waals surface area contributed by atoms with E-state index in [1.165, 1.54) is 6.42 Å². The summed E-state index contributed by atoms with van der Waals surface area (Å²) in [5, 5.41) is 4.10. The van der Waals surface area contributed by atoms with Crippen molar-refractivity contribution in [2.45, 2.75) is 39.3 Å². The van der Waals surface area contributed by atoms with E-state index in [1.807, 2.05) is 6.07 Å². The number of anilines is 1. The highest BCUT2D eigenvalue weighted by Gasteiger charge is 2.24. The zero-order valence-electron chi connectivity index (χ0n) is 10.7. The van der Waals surface area contributed by atoms with Crippen molar-refractivity contribution in [3.8, 4) is 0 Å². The van der Waals surface area contributed by atoms with Crippen LogP contribution in [0.1, 0.15) is 25.8 Å². The lowest BCUT2D eigenvalue weighted by atomic mass is 10.2. The van der Waals surface area contributed by atoms with Gasteiger partial charge < -0.3 is 5.32 Å². The highest BCUT2D eigenvalue weighted by atomic mass is 35.5. The van der Waals surface area contributed by atoms with Gasteiger partial charge in [0.15, 0.2) is 5.15 Å². The minimum atomic E-state index is 0.484. The molecule has 0 spiro atoms. The number of aryl methyl sites for hydroxylation is 1. The summed E-state index contributed by atoms with van der Waals surface area (Å²) in [4.78, 5) is 6.61. The minimum absolute atomic E-state index is 0.484. The molecule has 1 atom stereocenters. The van der Waals surface area contributed by atoms with Crippen LogP contribution in [0.2, 0.25) is 5.15 Å². The molecule has 17 heavy (non-hydrogen) atoms. The topological polar surface area (TPSA) is 28.2 Å². The molecule has 1 aromatic rings. The summed E-state index contributed by atoms with van der Waals surface area (Å²) in [5.74, 6) is 0. The number of hydrogen-bond donors (Lipinski definition) is 1. The van der Waals surface area contributed by atoms with Crippen molar-refractivity contribution in [2.75, 3.05) is 18.4 Å². The fraction of sp³-hybridized carbons (Fsp3) is 0.615. The number of nitrogens with one attached hydrogen (secondary N) is 1. The summed E-state index contributed by atoms with van der Waals surface area (Å²) < 4.78 is 0. The van der Waals surface area contributed by atoms with Crippen molar-refractivity contribution in [1.82, 2.24) is 9.88 Å². The average Bonchev–Trinajstić information content (AvgIpc) is 2.72. The van der Waals surface area contributed by atoms with Gasteiger partial charge in [-0.25, -0.2) is 4.98 Å². The van der Waals surface area contributed by atoms with Crippen LogP contribution in [0.3, 0.4) is 0 Å². The van der Waals surface area contributed by atoms with Crippen molar-refractivity contribution in [1.29, 1.82) is 0 Å². The van der Waals surface area contributed by atoms with Gasteiger partial charge in [-0.1, -0.05) is 11.6 Å². The molecule has 0 amide bonds. The second-order valence-corrected chi connectivity index (χ2v) is 5.37. The monoisotopic (exact) mass is 253 g/mol. The van der Waals surface area contributed by atoms with Gasteiger partial charge in [0.05, 0.1) is 5.69 Å². The van der Waals surface area contributed by atoms with Gasteiger partial charge in [0.1, 0.15) is 0 Å². The van der Waals surface area contributed by atoms with E-state index < -0.39 is 0 Å². The smallest absolute Gasteiger partial charge is 0.152 e. The summed E-state index contributed by atoms with van der Waals surface area (Å²) in [6.07, 6.45) is 2.92. The molecular formula is C13H20ClN3. The van der Waals surface area contributed by atoms with Crippen LogP contribution in [-0.2, 0) is 0 Å². The first-order valence-corrected chi connectivity index (χ1v) is 6.57. The Morgan fingerprint density at radius 1 is 1.53 bits per heavy atom. The van der Waals surface area contributed by atoms with E-state index in [2.05, 4.69) is 36.0 Å². The molecule has 2 heterocycles. The average molecular weight is 254 g/mol. The zero-order valence-corrected chi connectivity index (χ0v) is 11.5. The van der Waals surface area contributed by atoms with E-state index >= 15 is 0 Å². The Balaban J connectivity index is 2.03. The maximum absolute atomic E-state index is 6.12. The molecular weight excluding hydrogens is 234 g/mol. The Morgan fingerprint density at radius 2 is 2.29 bits per heavy atom. The van der Waals surface area contributed by atoms with Gasteiger partial charge in [0, 0.05) is 31.4 Å². The fourth-order valence-corrected chi connectivity index (χ4v) is 2.54. The molecule has 94 valence electrons. The molecule has 2 rings (SSSR count). The zero-order chi connectivity index (χ0) is 12.4. The number of pyridine rings is 1. The maximum Gasteiger partial charge on any atom is 0.152 e. The van der Waals surface area contributed by atoms with Gasteiger partial charge in [-0.05, 0) is 38.8 Å². The third kappa shape index (κ3) is 2.90. The summed E-state index contributed by atoms with van der Waals surface area (Å²) in [7, 11) is 0. The van der Waals surface area contributed by atoms with Gasteiger partial charge in [-0.3, -0.25) is 4.90 Å². The number of halogens is 1. The lowest BCUT2D eigenvalue weighted by Crippen LogP contribution is -2.31. The van der Waals surface area contributed by atoms with Crippen molar-refractivity contribution in [3.63, 3.8) is 0 Å². The predicted octanol–water partition coefficient (Wildman–Crippen LogP) is 2.94. The molecule has 1 unspecified atom stereocenters. The lowest BCUT2D eigenvalue weighted by molar-refractivity contribution is 0.274. The predicted molar refractivity (Wildman–Crippen MR) is 72.7 cm³/mol. The Morgan fingerprint density at radius 3 is 2.88 bits per heavy atom. The summed E-state index contributed by atoms with van der Waals surface area (Å²) in [5.41, 5.74) is 2.15. The van der Waals surface area contributed by atoms with Crippen LogP contribution in [-0.4, -0.2) is 35.1 Å². The fourth-order valence-electron chi connectivity index (χ4n) is 2.28. The van der Waals surface area contributed by atoms with Gasteiger partial charge >= 0.3 is 0 Å². The number of aromatic nitrogens is 1. The third-order valence-electron chi connectivity index (χ3n) is 3.41. The number of hydrogen-bond acceptors (Lipinski definition) is 3. The number of likely N-dealkylation sites (tertiary alicyclic amines) is 1. The molecule has 1 saturated heterocycles. The molecule has 0 aromatic carbocycles. The normalized spacial score (nSPS) is 21.1. The van der Waals surface area contributed by atoms with E-state index in [0.29, 0.717) is 17.2 Å².